The Balaban J connectivity index is 1.51. The Kier molecular flexibility index (Phi) is 6.07. The lowest BCUT2D eigenvalue weighted by molar-refractivity contribution is -0.131. The van der Waals surface area contributed by atoms with Gasteiger partial charge < -0.3 is 14.2 Å². The van der Waals surface area contributed by atoms with Crippen LogP contribution >= 0.6 is 0 Å². The van der Waals surface area contributed by atoms with Gasteiger partial charge in [-0.25, -0.2) is 18.4 Å². The quantitative estimate of drug-likeness (QED) is 0.678. The smallest absolute Gasteiger partial charge is 0.225 e. The molecule has 1 aliphatic rings. The maximum absolute atomic E-state index is 12.5. The fraction of sp³-hybridized carbons (Fsp3) is 0.471. The SMILES string of the molecule is CS(=O)(=O)N(CCC(=O)N1CCN(c2ncccn2)CC1)Cc1ccco1. The van der Waals surface area contributed by atoms with Crippen LogP contribution in [0.25, 0.3) is 0 Å². The molecule has 0 spiro atoms. The number of hydrogen-bond donors (Lipinski definition) is 0. The van der Waals surface area contributed by atoms with E-state index >= 15 is 0 Å². The number of carbonyl (C=O) groups excluding carboxylic acids is 1. The Labute approximate surface area is 158 Å². The van der Waals surface area contributed by atoms with E-state index in [0.717, 1.165) is 6.26 Å². The third-order valence-corrected chi connectivity index (χ3v) is 5.67. The molecular formula is C17H23N5O4S. The first-order chi connectivity index (χ1) is 12.9. The highest BCUT2D eigenvalue weighted by atomic mass is 32.2. The molecule has 2 aromatic heterocycles. The van der Waals surface area contributed by atoms with Crippen molar-refractivity contribution in [2.45, 2.75) is 13.0 Å². The molecule has 0 aliphatic carbocycles. The number of carbonyl (C=O) groups is 1. The summed E-state index contributed by atoms with van der Waals surface area (Å²) in [5.74, 6) is 1.15. The third kappa shape index (κ3) is 5.27. The summed E-state index contributed by atoms with van der Waals surface area (Å²) in [7, 11) is -3.43. The molecule has 0 aromatic carbocycles. The number of hydrogen-bond acceptors (Lipinski definition) is 7. The van der Waals surface area contributed by atoms with Gasteiger partial charge in [-0.05, 0) is 18.2 Å². The van der Waals surface area contributed by atoms with Gasteiger partial charge in [-0.15, -0.1) is 0 Å². The van der Waals surface area contributed by atoms with E-state index in [1.165, 1.54) is 10.6 Å². The van der Waals surface area contributed by atoms with Crippen LogP contribution in [-0.4, -0.2) is 72.5 Å². The van der Waals surface area contributed by atoms with Crippen molar-refractivity contribution in [3.63, 3.8) is 0 Å². The van der Waals surface area contributed by atoms with Gasteiger partial charge in [-0.3, -0.25) is 4.79 Å². The number of sulfonamides is 1. The highest BCUT2D eigenvalue weighted by Gasteiger charge is 2.24. The maximum atomic E-state index is 12.5. The second-order valence-corrected chi connectivity index (χ2v) is 8.32. The molecule has 0 N–H and O–H groups in total. The summed E-state index contributed by atoms with van der Waals surface area (Å²) in [6.45, 7) is 2.68. The lowest BCUT2D eigenvalue weighted by atomic mass is 10.2. The second-order valence-electron chi connectivity index (χ2n) is 6.34. The van der Waals surface area contributed by atoms with E-state index in [1.807, 2.05) is 4.90 Å². The minimum atomic E-state index is -3.43. The predicted molar refractivity (Wildman–Crippen MR) is 99.4 cm³/mol. The monoisotopic (exact) mass is 393 g/mol. The molecule has 3 heterocycles. The molecule has 0 atom stereocenters. The van der Waals surface area contributed by atoms with Crippen molar-refractivity contribution in [1.82, 2.24) is 19.2 Å². The Morgan fingerprint density at radius 2 is 1.89 bits per heavy atom. The van der Waals surface area contributed by atoms with E-state index in [-0.39, 0.29) is 25.4 Å². The normalized spacial score (nSPS) is 15.3. The van der Waals surface area contributed by atoms with Gasteiger partial charge in [0.05, 0.1) is 19.1 Å². The minimum absolute atomic E-state index is 0.0586. The average Bonchev–Trinajstić information content (AvgIpc) is 3.18. The molecule has 27 heavy (non-hydrogen) atoms. The summed E-state index contributed by atoms with van der Waals surface area (Å²) in [6.07, 6.45) is 6.16. The van der Waals surface area contributed by atoms with Crippen molar-refractivity contribution in [3.05, 3.63) is 42.6 Å². The van der Waals surface area contributed by atoms with Gasteiger partial charge in [0.25, 0.3) is 0 Å². The molecule has 10 heteroatoms. The van der Waals surface area contributed by atoms with E-state index in [9.17, 15) is 13.2 Å². The maximum Gasteiger partial charge on any atom is 0.225 e. The van der Waals surface area contributed by atoms with Crippen molar-refractivity contribution in [2.75, 3.05) is 43.9 Å². The van der Waals surface area contributed by atoms with E-state index < -0.39 is 10.0 Å². The molecule has 0 radical (unpaired) electrons. The standard InChI is InChI=1S/C17H23N5O4S/c1-27(24,25)22(14-15-4-2-13-26-15)8-5-16(23)20-9-11-21(12-10-20)17-18-6-3-7-19-17/h2-4,6-7,13H,5,8-12,14H2,1H3. The van der Waals surface area contributed by atoms with Gasteiger partial charge in [0.2, 0.25) is 21.9 Å². The second kappa shape index (κ2) is 8.49. The van der Waals surface area contributed by atoms with Crippen LogP contribution in [0.3, 0.4) is 0 Å². The zero-order valence-corrected chi connectivity index (χ0v) is 16.0. The van der Waals surface area contributed by atoms with Crippen LogP contribution in [0.15, 0.2) is 41.3 Å². The molecule has 3 rings (SSSR count). The molecule has 0 bridgehead atoms. The predicted octanol–water partition coefficient (Wildman–Crippen LogP) is 0.570. The Morgan fingerprint density at radius 3 is 2.48 bits per heavy atom. The topological polar surface area (TPSA) is 99.9 Å². The zero-order chi connectivity index (χ0) is 19.3. The highest BCUT2D eigenvalue weighted by molar-refractivity contribution is 7.88. The Morgan fingerprint density at radius 1 is 1.19 bits per heavy atom. The Bertz CT molecular complexity index is 833. The highest BCUT2D eigenvalue weighted by Crippen LogP contribution is 2.13. The van der Waals surface area contributed by atoms with E-state index in [1.54, 1.807) is 35.5 Å². The molecule has 146 valence electrons. The van der Waals surface area contributed by atoms with Crippen molar-refractivity contribution >= 4 is 21.9 Å². The first-order valence-corrected chi connectivity index (χ1v) is 10.6. The van der Waals surface area contributed by atoms with Crippen LogP contribution < -0.4 is 4.90 Å². The zero-order valence-electron chi connectivity index (χ0n) is 15.2. The van der Waals surface area contributed by atoms with Gasteiger partial charge in [-0.1, -0.05) is 0 Å². The molecule has 0 saturated carbocycles. The van der Waals surface area contributed by atoms with Gasteiger partial charge in [-0.2, -0.15) is 4.31 Å². The number of furan rings is 1. The number of piperazine rings is 1. The van der Waals surface area contributed by atoms with E-state index in [2.05, 4.69) is 9.97 Å². The van der Waals surface area contributed by atoms with E-state index in [4.69, 9.17) is 4.42 Å². The summed E-state index contributed by atoms with van der Waals surface area (Å²) < 4.78 is 30.4. The van der Waals surface area contributed by atoms with Crippen LogP contribution in [0.2, 0.25) is 0 Å². The summed E-state index contributed by atoms with van der Waals surface area (Å²) in [5.41, 5.74) is 0. The minimum Gasteiger partial charge on any atom is -0.468 e. The molecule has 1 aliphatic heterocycles. The van der Waals surface area contributed by atoms with Crippen molar-refractivity contribution in [3.8, 4) is 0 Å². The largest absolute Gasteiger partial charge is 0.468 e. The number of anilines is 1. The summed E-state index contributed by atoms with van der Waals surface area (Å²) in [5, 5.41) is 0. The van der Waals surface area contributed by atoms with Crippen molar-refractivity contribution < 1.29 is 17.6 Å². The summed E-state index contributed by atoms with van der Waals surface area (Å²) in [6, 6.07) is 5.18. The Hall–Kier alpha value is -2.46. The number of amides is 1. The van der Waals surface area contributed by atoms with Crippen LogP contribution in [-0.2, 0) is 21.4 Å². The summed E-state index contributed by atoms with van der Waals surface area (Å²) in [4.78, 5) is 24.7. The van der Waals surface area contributed by atoms with Crippen molar-refractivity contribution in [1.29, 1.82) is 0 Å². The number of aromatic nitrogens is 2. The average molecular weight is 393 g/mol. The van der Waals surface area contributed by atoms with Gasteiger partial charge >= 0.3 is 0 Å². The molecular weight excluding hydrogens is 370 g/mol. The fourth-order valence-electron chi connectivity index (χ4n) is 2.93. The lowest BCUT2D eigenvalue weighted by Crippen LogP contribution is -2.49. The van der Waals surface area contributed by atoms with E-state index in [0.29, 0.717) is 37.9 Å². The number of rotatable bonds is 7. The molecule has 0 unspecified atom stereocenters. The van der Waals surface area contributed by atoms with Gasteiger partial charge in [0.1, 0.15) is 5.76 Å². The van der Waals surface area contributed by atoms with Crippen molar-refractivity contribution in [2.24, 2.45) is 0 Å². The van der Waals surface area contributed by atoms with Crippen LogP contribution in [0.5, 0.6) is 0 Å². The summed E-state index contributed by atoms with van der Waals surface area (Å²) >= 11 is 0. The van der Waals surface area contributed by atoms with Gasteiger partial charge in [0, 0.05) is 51.5 Å². The first kappa shape index (κ1) is 19.3. The molecule has 2 aromatic rings. The van der Waals surface area contributed by atoms with Crippen LogP contribution in [0, 0.1) is 0 Å². The third-order valence-electron chi connectivity index (χ3n) is 4.42. The molecule has 1 fully saturated rings. The molecule has 9 nitrogen and oxygen atoms in total. The fourth-order valence-corrected chi connectivity index (χ4v) is 3.71. The molecule has 1 amide bonds. The lowest BCUT2D eigenvalue weighted by Gasteiger charge is -2.35. The number of nitrogens with zero attached hydrogens (tertiary/aromatic N) is 5. The van der Waals surface area contributed by atoms with Gasteiger partial charge in [0.15, 0.2) is 0 Å². The first-order valence-electron chi connectivity index (χ1n) is 8.71. The molecule has 1 saturated heterocycles. The van der Waals surface area contributed by atoms with Crippen LogP contribution in [0.1, 0.15) is 12.2 Å². The van der Waals surface area contributed by atoms with Crippen LogP contribution in [0.4, 0.5) is 5.95 Å².